The largest absolute Gasteiger partial charge is 0.454 e. The molecule has 2 heterocycles. The SMILES string of the molecule is O=C1OC(CCCN2CCN(c3ccc(Br)cc3)CC2)c2ccccc21. The molecule has 0 amide bonds. The molecule has 1 fully saturated rings. The van der Waals surface area contributed by atoms with Gasteiger partial charge in [0.05, 0.1) is 5.56 Å². The number of rotatable bonds is 5. The van der Waals surface area contributed by atoms with Crippen molar-refractivity contribution in [1.82, 2.24) is 4.90 Å². The maximum Gasteiger partial charge on any atom is 0.339 e. The fourth-order valence-electron chi connectivity index (χ4n) is 3.82. The molecule has 0 aromatic heterocycles. The van der Waals surface area contributed by atoms with Crippen LogP contribution in [0.4, 0.5) is 5.69 Å². The van der Waals surface area contributed by atoms with E-state index in [-0.39, 0.29) is 12.1 Å². The van der Waals surface area contributed by atoms with Crippen LogP contribution in [0.15, 0.2) is 53.0 Å². The Morgan fingerprint density at radius 2 is 1.73 bits per heavy atom. The number of ether oxygens (including phenoxy) is 1. The van der Waals surface area contributed by atoms with Crippen molar-refractivity contribution in [2.75, 3.05) is 37.6 Å². The first-order valence-electron chi connectivity index (χ1n) is 9.23. The van der Waals surface area contributed by atoms with Crippen LogP contribution in [-0.4, -0.2) is 43.6 Å². The van der Waals surface area contributed by atoms with E-state index < -0.39 is 0 Å². The third-order valence-electron chi connectivity index (χ3n) is 5.28. The highest BCUT2D eigenvalue weighted by molar-refractivity contribution is 9.10. The molecular formula is C21H23BrN2O2. The van der Waals surface area contributed by atoms with Crippen molar-refractivity contribution in [2.45, 2.75) is 18.9 Å². The fraction of sp³-hybridized carbons (Fsp3) is 0.381. The van der Waals surface area contributed by atoms with Gasteiger partial charge in [-0.2, -0.15) is 0 Å². The second-order valence-corrected chi connectivity index (χ2v) is 7.84. The highest BCUT2D eigenvalue weighted by Crippen LogP contribution is 2.33. The monoisotopic (exact) mass is 414 g/mol. The highest BCUT2D eigenvalue weighted by Gasteiger charge is 2.30. The van der Waals surface area contributed by atoms with Crippen LogP contribution >= 0.6 is 15.9 Å². The Morgan fingerprint density at radius 3 is 2.50 bits per heavy atom. The number of halogens is 1. The number of carbonyl (C=O) groups is 1. The summed E-state index contributed by atoms with van der Waals surface area (Å²) in [5, 5.41) is 0. The van der Waals surface area contributed by atoms with Gasteiger partial charge in [-0.05, 0) is 49.7 Å². The van der Waals surface area contributed by atoms with Crippen molar-refractivity contribution < 1.29 is 9.53 Å². The Bertz CT molecular complexity index is 770. The highest BCUT2D eigenvalue weighted by atomic mass is 79.9. The van der Waals surface area contributed by atoms with Crippen LogP contribution in [0.2, 0.25) is 0 Å². The normalized spacial score (nSPS) is 20.1. The Balaban J connectivity index is 1.23. The minimum Gasteiger partial charge on any atom is -0.454 e. The maximum atomic E-state index is 11.9. The lowest BCUT2D eigenvalue weighted by Gasteiger charge is -2.36. The van der Waals surface area contributed by atoms with Gasteiger partial charge < -0.3 is 9.64 Å². The van der Waals surface area contributed by atoms with Gasteiger partial charge in [0.1, 0.15) is 6.10 Å². The molecule has 4 rings (SSSR count). The average molecular weight is 415 g/mol. The molecule has 1 saturated heterocycles. The standard InChI is InChI=1S/C21H23BrN2O2/c22-16-7-9-17(10-8-16)24-14-12-23(13-15-24)11-3-6-20-18-4-1-2-5-19(18)21(25)26-20/h1-2,4-5,7-10,20H,3,6,11-15H2. The molecule has 0 aliphatic carbocycles. The first kappa shape index (κ1) is 17.6. The summed E-state index contributed by atoms with van der Waals surface area (Å²) in [6.45, 7) is 5.34. The van der Waals surface area contributed by atoms with Crippen LogP contribution in [0.1, 0.15) is 34.9 Å². The predicted octanol–water partition coefficient (Wildman–Crippen LogP) is 4.26. The van der Waals surface area contributed by atoms with Crippen molar-refractivity contribution in [1.29, 1.82) is 0 Å². The number of benzene rings is 2. The fourth-order valence-corrected chi connectivity index (χ4v) is 4.08. The smallest absolute Gasteiger partial charge is 0.339 e. The Hall–Kier alpha value is -1.85. The summed E-state index contributed by atoms with van der Waals surface area (Å²) in [5.41, 5.74) is 3.08. The average Bonchev–Trinajstić information content (AvgIpc) is 2.99. The number of nitrogens with zero attached hydrogens (tertiary/aromatic N) is 2. The van der Waals surface area contributed by atoms with E-state index in [0.717, 1.165) is 61.2 Å². The zero-order chi connectivity index (χ0) is 17.9. The van der Waals surface area contributed by atoms with Gasteiger partial charge in [0, 0.05) is 41.9 Å². The minimum absolute atomic E-state index is 0.0669. The molecule has 4 nitrogen and oxygen atoms in total. The van der Waals surface area contributed by atoms with Gasteiger partial charge in [-0.1, -0.05) is 34.1 Å². The van der Waals surface area contributed by atoms with E-state index in [9.17, 15) is 4.79 Å². The van der Waals surface area contributed by atoms with E-state index in [1.54, 1.807) is 0 Å². The number of piperazine rings is 1. The van der Waals surface area contributed by atoms with E-state index in [1.807, 2.05) is 24.3 Å². The minimum atomic E-state index is -0.172. The summed E-state index contributed by atoms with van der Waals surface area (Å²) in [7, 11) is 0. The maximum absolute atomic E-state index is 11.9. The number of fused-ring (bicyclic) bond motifs is 1. The van der Waals surface area contributed by atoms with Crippen LogP contribution in [0.5, 0.6) is 0 Å². The van der Waals surface area contributed by atoms with Crippen molar-refractivity contribution in [3.8, 4) is 0 Å². The molecule has 2 aromatic carbocycles. The number of esters is 1. The molecule has 136 valence electrons. The second kappa shape index (κ2) is 7.80. The molecule has 1 unspecified atom stereocenters. The predicted molar refractivity (Wildman–Crippen MR) is 107 cm³/mol. The third kappa shape index (κ3) is 3.79. The Kier molecular flexibility index (Phi) is 5.27. The quantitative estimate of drug-likeness (QED) is 0.684. The molecular weight excluding hydrogens is 392 g/mol. The molecule has 0 saturated carbocycles. The van der Waals surface area contributed by atoms with E-state index in [1.165, 1.54) is 5.69 Å². The molecule has 0 bridgehead atoms. The van der Waals surface area contributed by atoms with E-state index in [0.29, 0.717) is 0 Å². The number of hydrogen-bond donors (Lipinski definition) is 0. The molecule has 2 aromatic rings. The first-order chi connectivity index (χ1) is 12.7. The van der Waals surface area contributed by atoms with Crippen molar-refractivity contribution in [3.63, 3.8) is 0 Å². The Labute approximate surface area is 162 Å². The molecule has 5 heteroatoms. The van der Waals surface area contributed by atoms with E-state index in [2.05, 4.69) is 50.0 Å². The summed E-state index contributed by atoms with van der Waals surface area (Å²) < 4.78 is 6.66. The van der Waals surface area contributed by atoms with Crippen LogP contribution in [-0.2, 0) is 4.74 Å². The molecule has 1 atom stereocenters. The molecule has 2 aliphatic rings. The van der Waals surface area contributed by atoms with Gasteiger partial charge in [0.15, 0.2) is 0 Å². The number of hydrogen-bond acceptors (Lipinski definition) is 4. The van der Waals surface area contributed by atoms with Gasteiger partial charge in [-0.3, -0.25) is 4.90 Å². The zero-order valence-corrected chi connectivity index (χ0v) is 16.3. The van der Waals surface area contributed by atoms with Gasteiger partial charge in [0.25, 0.3) is 0 Å². The molecule has 0 radical (unpaired) electrons. The van der Waals surface area contributed by atoms with Crippen molar-refractivity contribution in [2.24, 2.45) is 0 Å². The summed E-state index contributed by atoms with van der Waals surface area (Å²) in [6, 6.07) is 16.3. The topological polar surface area (TPSA) is 32.8 Å². The molecule has 26 heavy (non-hydrogen) atoms. The van der Waals surface area contributed by atoms with Crippen LogP contribution in [0.3, 0.4) is 0 Å². The van der Waals surface area contributed by atoms with Crippen LogP contribution in [0.25, 0.3) is 0 Å². The molecule has 0 spiro atoms. The third-order valence-corrected chi connectivity index (χ3v) is 5.81. The summed E-state index contributed by atoms with van der Waals surface area (Å²) in [6.07, 6.45) is 1.88. The van der Waals surface area contributed by atoms with Gasteiger partial charge in [0.2, 0.25) is 0 Å². The summed E-state index contributed by atoms with van der Waals surface area (Å²) >= 11 is 3.49. The van der Waals surface area contributed by atoms with Crippen molar-refractivity contribution >= 4 is 27.6 Å². The lowest BCUT2D eigenvalue weighted by atomic mass is 10.0. The zero-order valence-electron chi connectivity index (χ0n) is 14.7. The Morgan fingerprint density at radius 1 is 1.00 bits per heavy atom. The number of anilines is 1. The first-order valence-corrected chi connectivity index (χ1v) is 10.0. The summed E-state index contributed by atoms with van der Waals surface area (Å²) in [4.78, 5) is 16.8. The van der Waals surface area contributed by atoms with Crippen LogP contribution in [0, 0.1) is 0 Å². The lowest BCUT2D eigenvalue weighted by Crippen LogP contribution is -2.46. The summed E-state index contributed by atoms with van der Waals surface area (Å²) in [5.74, 6) is -0.172. The van der Waals surface area contributed by atoms with E-state index in [4.69, 9.17) is 4.74 Å². The van der Waals surface area contributed by atoms with Gasteiger partial charge in [-0.25, -0.2) is 4.79 Å². The van der Waals surface area contributed by atoms with Gasteiger partial charge >= 0.3 is 5.97 Å². The van der Waals surface area contributed by atoms with Gasteiger partial charge in [-0.15, -0.1) is 0 Å². The van der Waals surface area contributed by atoms with Crippen molar-refractivity contribution in [3.05, 3.63) is 64.1 Å². The van der Waals surface area contributed by atoms with E-state index >= 15 is 0 Å². The number of carbonyl (C=O) groups excluding carboxylic acids is 1. The van der Waals surface area contributed by atoms with Crippen LogP contribution < -0.4 is 4.90 Å². The molecule has 0 N–H and O–H groups in total. The number of cyclic esters (lactones) is 1. The second-order valence-electron chi connectivity index (χ2n) is 6.93. The molecule has 2 aliphatic heterocycles. The lowest BCUT2D eigenvalue weighted by molar-refractivity contribution is 0.0358.